The molecular formula is C37H28N2. The fourth-order valence-corrected chi connectivity index (χ4v) is 6.70. The van der Waals surface area contributed by atoms with E-state index >= 15 is 0 Å². The molecule has 0 spiro atoms. The van der Waals surface area contributed by atoms with Crippen LogP contribution in [-0.4, -0.2) is 9.13 Å². The molecule has 1 atom stereocenters. The summed E-state index contributed by atoms with van der Waals surface area (Å²) in [5.74, 6) is 0.374. The second-order valence-electron chi connectivity index (χ2n) is 10.6. The molecule has 39 heavy (non-hydrogen) atoms. The maximum absolute atomic E-state index is 2.48. The summed E-state index contributed by atoms with van der Waals surface area (Å²) in [4.78, 5) is 0. The van der Waals surface area contributed by atoms with E-state index in [-0.39, 0.29) is 0 Å². The van der Waals surface area contributed by atoms with Crippen LogP contribution in [0.25, 0.3) is 60.6 Å². The van der Waals surface area contributed by atoms with Crippen LogP contribution < -0.4 is 0 Å². The highest BCUT2D eigenvalue weighted by atomic mass is 15.0. The van der Waals surface area contributed by atoms with E-state index in [0.29, 0.717) is 5.92 Å². The van der Waals surface area contributed by atoms with Gasteiger partial charge >= 0.3 is 0 Å². The average Bonchev–Trinajstić information content (AvgIpc) is 3.50. The smallest absolute Gasteiger partial charge is 0.0541 e. The number of nitrogens with zero attached hydrogens (tertiary/aromatic N) is 2. The van der Waals surface area contributed by atoms with E-state index in [0.717, 1.165) is 6.42 Å². The molecule has 0 amide bonds. The van der Waals surface area contributed by atoms with Gasteiger partial charge in [0.05, 0.1) is 33.5 Å². The third kappa shape index (κ3) is 3.21. The van der Waals surface area contributed by atoms with Crippen molar-refractivity contribution in [3.63, 3.8) is 0 Å². The molecule has 0 saturated heterocycles. The SMILES string of the molecule is CC1CC=CC(n2c3ccccc3c3ccccc32)=C1c1ccccc1-n1c2ccccc2c2ccccc21. The topological polar surface area (TPSA) is 9.86 Å². The summed E-state index contributed by atoms with van der Waals surface area (Å²) in [5.41, 5.74) is 10.1. The Hall–Kier alpha value is -4.82. The molecule has 1 unspecified atom stereocenters. The lowest BCUT2D eigenvalue weighted by Crippen LogP contribution is -2.11. The first-order chi connectivity index (χ1) is 19.3. The van der Waals surface area contributed by atoms with Crippen LogP contribution in [0.5, 0.6) is 0 Å². The lowest BCUT2D eigenvalue weighted by molar-refractivity contribution is 0.756. The highest BCUT2D eigenvalue weighted by Gasteiger charge is 2.25. The summed E-state index contributed by atoms with van der Waals surface area (Å²) in [5, 5.41) is 5.16. The molecule has 0 fully saturated rings. The molecule has 186 valence electrons. The number of benzene rings is 5. The molecule has 7 aromatic rings. The van der Waals surface area contributed by atoms with Crippen LogP contribution in [0.1, 0.15) is 18.9 Å². The summed E-state index contributed by atoms with van der Waals surface area (Å²) in [6.45, 7) is 2.37. The van der Waals surface area contributed by atoms with Crippen molar-refractivity contribution in [2.45, 2.75) is 13.3 Å². The molecule has 0 aliphatic heterocycles. The number of para-hydroxylation sites is 5. The normalized spacial score (nSPS) is 15.8. The molecule has 2 heteroatoms. The Labute approximate surface area is 227 Å². The van der Waals surface area contributed by atoms with Crippen LogP contribution in [0.3, 0.4) is 0 Å². The van der Waals surface area contributed by atoms with Crippen LogP contribution in [0.15, 0.2) is 133 Å². The van der Waals surface area contributed by atoms with Crippen LogP contribution in [0.4, 0.5) is 0 Å². The summed E-state index contributed by atoms with van der Waals surface area (Å²) in [7, 11) is 0. The van der Waals surface area contributed by atoms with Crippen molar-refractivity contribution in [3.8, 4) is 5.69 Å². The van der Waals surface area contributed by atoms with Crippen LogP contribution in [0.2, 0.25) is 0 Å². The molecule has 0 bridgehead atoms. The molecule has 2 aromatic heterocycles. The van der Waals surface area contributed by atoms with E-state index in [1.165, 1.54) is 66.1 Å². The Morgan fingerprint density at radius 1 is 0.513 bits per heavy atom. The highest BCUT2D eigenvalue weighted by molar-refractivity contribution is 6.13. The van der Waals surface area contributed by atoms with Gasteiger partial charge in [-0.15, -0.1) is 0 Å². The predicted octanol–water partition coefficient (Wildman–Crippen LogP) is 9.86. The van der Waals surface area contributed by atoms with Crippen molar-refractivity contribution in [1.29, 1.82) is 0 Å². The van der Waals surface area contributed by atoms with Crippen LogP contribution >= 0.6 is 0 Å². The molecule has 0 N–H and O–H groups in total. The van der Waals surface area contributed by atoms with Gasteiger partial charge in [-0.05, 0) is 54.3 Å². The Kier molecular flexibility index (Phi) is 4.90. The Balaban J connectivity index is 1.49. The zero-order valence-corrected chi connectivity index (χ0v) is 21.9. The van der Waals surface area contributed by atoms with Gasteiger partial charge in [-0.1, -0.05) is 104 Å². The van der Waals surface area contributed by atoms with Crippen molar-refractivity contribution >= 4 is 54.9 Å². The van der Waals surface area contributed by atoms with Crippen molar-refractivity contribution < 1.29 is 0 Å². The fourth-order valence-electron chi connectivity index (χ4n) is 6.70. The van der Waals surface area contributed by atoms with Crippen LogP contribution in [0, 0.1) is 5.92 Å². The number of hydrogen-bond donors (Lipinski definition) is 0. The summed E-state index contributed by atoms with van der Waals surface area (Å²) in [6.07, 6.45) is 5.71. The minimum Gasteiger partial charge on any atom is -0.309 e. The van der Waals surface area contributed by atoms with Crippen molar-refractivity contribution in [2.24, 2.45) is 5.92 Å². The Bertz CT molecular complexity index is 2010. The zero-order valence-electron chi connectivity index (χ0n) is 21.9. The highest BCUT2D eigenvalue weighted by Crippen LogP contribution is 2.43. The Morgan fingerprint density at radius 3 is 1.49 bits per heavy atom. The summed E-state index contributed by atoms with van der Waals surface area (Å²) < 4.78 is 4.94. The molecule has 1 aliphatic carbocycles. The molecule has 1 aliphatic rings. The van der Waals surface area contributed by atoms with Crippen molar-refractivity contribution in [1.82, 2.24) is 9.13 Å². The largest absolute Gasteiger partial charge is 0.309 e. The number of fused-ring (bicyclic) bond motifs is 6. The quantitative estimate of drug-likeness (QED) is 0.228. The number of hydrogen-bond acceptors (Lipinski definition) is 0. The third-order valence-electron chi connectivity index (χ3n) is 8.37. The number of rotatable bonds is 3. The van der Waals surface area contributed by atoms with E-state index in [2.05, 4.69) is 150 Å². The van der Waals surface area contributed by atoms with Crippen molar-refractivity contribution in [2.75, 3.05) is 0 Å². The standard InChI is InChI=1S/C37H28N2/c1-25-13-12-24-36(39-33-21-9-4-16-28(33)29-17-5-10-22-34(29)39)37(25)30-18-6-11-23-35(30)38-31-19-7-2-14-26(31)27-15-3-8-20-32(27)38/h2-12,14-25H,13H2,1H3. The van der Waals surface area contributed by atoms with Gasteiger partial charge < -0.3 is 9.13 Å². The number of aromatic nitrogens is 2. The van der Waals surface area contributed by atoms with E-state index in [1.54, 1.807) is 0 Å². The van der Waals surface area contributed by atoms with Gasteiger partial charge in [0.2, 0.25) is 0 Å². The maximum Gasteiger partial charge on any atom is 0.0541 e. The van der Waals surface area contributed by atoms with E-state index < -0.39 is 0 Å². The van der Waals surface area contributed by atoms with E-state index in [4.69, 9.17) is 0 Å². The second kappa shape index (κ2) is 8.61. The first-order valence-corrected chi connectivity index (χ1v) is 13.8. The molecule has 0 saturated carbocycles. The average molecular weight is 501 g/mol. The second-order valence-corrected chi connectivity index (χ2v) is 10.6. The van der Waals surface area contributed by atoms with Gasteiger partial charge in [-0.3, -0.25) is 0 Å². The first kappa shape index (κ1) is 22.2. The third-order valence-corrected chi connectivity index (χ3v) is 8.37. The minimum atomic E-state index is 0.374. The van der Waals surface area contributed by atoms with Gasteiger partial charge in [0.1, 0.15) is 0 Å². The van der Waals surface area contributed by atoms with E-state index in [9.17, 15) is 0 Å². The monoisotopic (exact) mass is 500 g/mol. The summed E-state index contributed by atoms with van der Waals surface area (Å²) in [6, 6.07) is 44.1. The van der Waals surface area contributed by atoms with Crippen LogP contribution in [-0.2, 0) is 0 Å². The van der Waals surface area contributed by atoms with Gasteiger partial charge in [0, 0.05) is 27.1 Å². The molecule has 2 nitrogen and oxygen atoms in total. The molecule has 5 aromatic carbocycles. The molecular weight excluding hydrogens is 472 g/mol. The minimum absolute atomic E-state index is 0.374. The zero-order chi connectivity index (χ0) is 25.9. The van der Waals surface area contributed by atoms with E-state index in [1.807, 2.05) is 0 Å². The van der Waals surface area contributed by atoms with Crippen molar-refractivity contribution in [3.05, 3.63) is 139 Å². The van der Waals surface area contributed by atoms with Gasteiger partial charge in [-0.2, -0.15) is 0 Å². The van der Waals surface area contributed by atoms with Gasteiger partial charge in [0.15, 0.2) is 0 Å². The predicted molar refractivity (Wildman–Crippen MR) is 166 cm³/mol. The first-order valence-electron chi connectivity index (χ1n) is 13.8. The fraction of sp³-hybridized carbons (Fsp3) is 0.0811. The summed E-state index contributed by atoms with van der Waals surface area (Å²) >= 11 is 0. The molecule has 8 rings (SSSR count). The lowest BCUT2D eigenvalue weighted by Gasteiger charge is -2.26. The number of allylic oxidation sites excluding steroid dienone is 4. The van der Waals surface area contributed by atoms with Gasteiger partial charge in [-0.25, -0.2) is 0 Å². The molecule has 0 radical (unpaired) electrons. The molecule has 2 heterocycles. The lowest BCUT2D eigenvalue weighted by atomic mass is 9.85. The Morgan fingerprint density at radius 2 is 0.949 bits per heavy atom. The van der Waals surface area contributed by atoms with Gasteiger partial charge in [0.25, 0.3) is 0 Å². The maximum atomic E-state index is 2.48.